The topological polar surface area (TPSA) is 66.8 Å². The lowest BCUT2D eigenvalue weighted by atomic mass is 9.97. The first kappa shape index (κ1) is 19.8. The molecule has 1 unspecified atom stereocenters. The van der Waals surface area contributed by atoms with Crippen LogP contribution in [-0.4, -0.2) is 35.0 Å². The summed E-state index contributed by atoms with van der Waals surface area (Å²) in [7, 11) is 1.59. The number of carbonyl (C=O) groups is 2. The minimum absolute atomic E-state index is 0.145. The smallest absolute Gasteiger partial charge is 0.407 e. The van der Waals surface area contributed by atoms with Gasteiger partial charge < -0.3 is 14.7 Å². The van der Waals surface area contributed by atoms with E-state index in [0.717, 1.165) is 11.1 Å². The van der Waals surface area contributed by atoms with Gasteiger partial charge in [-0.1, -0.05) is 42.5 Å². The predicted molar refractivity (Wildman–Crippen MR) is 101 cm³/mol. The van der Waals surface area contributed by atoms with Crippen LogP contribution in [0.3, 0.4) is 0 Å². The van der Waals surface area contributed by atoms with Crippen molar-refractivity contribution in [3.8, 4) is 5.75 Å². The lowest BCUT2D eigenvalue weighted by Gasteiger charge is -2.30. The number of rotatable bonds is 9. The Hall–Kier alpha value is -2.53. The Kier molecular flexibility index (Phi) is 7.48. The van der Waals surface area contributed by atoms with Gasteiger partial charge >= 0.3 is 6.09 Å². The maximum Gasteiger partial charge on any atom is 0.407 e. The average Bonchev–Trinajstić information content (AvgIpc) is 2.64. The Morgan fingerprint density at radius 2 is 1.77 bits per heavy atom. The number of hydrogen-bond acceptors (Lipinski definition) is 3. The Balaban J connectivity index is 2.29. The minimum atomic E-state index is -1.02. The molecule has 0 aliphatic carbocycles. The molecule has 0 aromatic heterocycles. The van der Waals surface area contributed by atoms with Gasteiger partial charge in [-0.05, 0) is 47.7 Å². The van der Waals surface area contributed by atoms with Crippen LogP contribution in [0.5, 0.6) is 5.75 Å². The standard InChI is InChI=1S/C20H22ClNO4/c1-26-17-11-9-16(10-12-17)18(14-15-6-3-2-4-7-15)22(20(24)25)13-5-8-19(21)23/h2-4,6-7,9-12,18H,5,8,13-14H2,1H3,(H,24,25). The molecule has 5 nitrogen and oxygen atoms in total. The fraction of sp³-hybridized carbons (Fsp3) is 0.300. The van der Waals surface area contributed by atoms with Gasteiger partial charge in [-0.15, -0.1) is 0 Å². The number of carbonyl (C=O) groups excluding carboxylic acids is 1. The monoisotopic (exact) mass is 375 g/mol. The summed E-state index contributed by atoms with van der Waals surface area (Å²) in [4.78, 5) is 24.2. The molecule has 6 heteroatoms. The average molecular weight is 376 g/mol. The number of amides is 1. The van der Waals surface area contributed by atoms with E-state index in [4.69, 9.17) is 16.3 Å². The zero-order valence-corrected chi connectivity index (χ0v) is 15.4. The van der Waals surface area contributed by atoms with E-state index in [1.54, 1.807) is 7.11 Å². The first-order valence-corrected chi connectivity index (χ1v) is 8.75. The summed E-state index contributed by atoms with van der Waals surface area (Å²) in [5.41, 5.74) is 1.90. The molecule has 1 N–H and O–H groups in total. The fourth-order valence-corrected chi connectivity index (χ4v) is 2.98. The summed E-state index contributed by atoms with van der Waals surface area (Å²) in [6.07, 6.45) is 0.0416. The summed E-state index contributed by atoms with van der Waals surface area (Å²) < 4.78 is 5.18. The second-order valence-electron chi connectivity index (χ2n) is 5.91. The molecule has 2 rings (SSSR count). The van der Waals surface area contributed by atoms with Gasteiger partial charge in [0.1, 0.15) is 5.75 Å². The van der Waals surface area contributed by atoms with Gasteiger partial charge in [0.2, 0.25) is 5.24 Å². The molecule has 0 saturated carbocycles. The molecular formula is C20H22ClNO4. The summed E-state index contributed by atoms with van der Waals surface area (Å²) in [6, 6.07) is 16.7. The molecule has 1 atom stereocenters. The van der Waals surface area contributed by atoms with Gasteiger partial charge in [0.15, 0.2) is 0 Å². The number of nitrogens with zero attached hydrogens (tertiary/aromatic N) is 1. The molecular weight excluding hydrogens is 354 g/mol. The van der Waals surface area contributed by atoms with Crippen LogP contribution in [0, 0.1) is 0 Å². The number of carboxylic acid groups (broad SMARTS) is 1. The minimum Gasteiger partial charge on any atom is -0.497 e. The Bertz CT molecular complexity index is 718. The van der Waals surface area contributed by atoms with Gasteiger partial charge in [-0.25, -0.2) is 4.79 Å². The molecule has 0 spiro atoms. The third-order valence-electron chi connectivity index (χ3n) is 4.17. The molecule has 0 fully saturated rings. The maximum atomic E-state index is 11.9. The van der Waals surface area contributed by atoms with Crippen LogP contribution in [0.4, 0.5) is 4.79 Å². The predicted octanol–water partition coefficient (Wildman–Crippen LogP) is 4.50. The van der Waals surface area contributed by atoms with Crippen LogP contribution >= 0.6 is 11.6 Å². The molecule has 2 aromatic carbocycles. The van der Waals surface area contributed by atoms with Crippen molar-refractivity contribution in [2.24, 2.45) is 0 Å². The van der Waals surface area contributed by atoms with E-state index in [1.807, 2.05) is 54.6 Å². The first-order valence-electron chi connectivity index (χ1n) is 8.37. The van der Waals surface area contributed by atoms with Gasteiger partial charge in [0.05, 0.1) is 13.2 Å². The molecule has 26 heavy (non-hydrogen) atoms. The van der Waals surface area contributed by atoms with Crippen molar-refractivity contribution in [1.82, 2.24) is 4.90 Å². The molecule has 1 amide bonds. The van der Waals surface area contributed by atoms with Crippen molar-refractivity contribution in [2.45, 2.75) is 25.3 Å². The number of hydrogen-bond donors (Lipinski definition) is 1. The van der Waals surface area contributed by atoms with Crippen LogP contribution in [0.1, 0.15) is 30.0 Å². The molecule has 0 aliphatic heterocycles. The molecule has 0 radical (unpaired) electrons. The third-order valence-corrected chi connectivity index (χ3v) is 4.36. The van der Waals surface area contributed by atoms with Gasteiger partial charge in [-0.3, -0.25) is 4.79 Å². The summed E-state index contributed by atoms with van der Waals surface area (Å²) in [5, 5.41) is 9.27. The van der Waals surface area contributed by atoms with Crippen LogP contribution in [0.2, 0.25) is 0 Å². The highest BCUT2D eigenvalue weighted by Crippen LogP contribution is 2.27. The van der Waals surface area contributed by atoms with Crippen molar-refractivity contribution in [3.05, 3.63) is 65.7 Å². The zero-order chi connectivity index (χ0) is 18.9. The fourth-order valence-electron chi connectivity index (χ4n) is 2.84. The van der Waals surface area contributed by atoms with Crippen LogP contribution in [0.25, 0.3) is 0 Å². The van der Waals surface area contributed by atoms with Crippen LogP contribution in [-0.2, 0) is 11.2 Å². The van der Waals surface area contributed by atoms with Gasteiger partial charge in [0.25, 0.3) is 0 Å². The normalized spacial score (nSPS) is 11.6. The van der Waals surface area contributed by atoms with Crippen LogP contribution < -0.4 is 4.74 Å². The molecule has 0 saturated heterocycles. The number of benzene rings is 2. The van der Waals surface area contributed by atoms with Crippen molar-refractivity contribution in [3.63, 3.8) is 0 Å². The quantitative estimate of drug-likeness (QED) is 0.655. The second kappa shape index (κ2) is 9.82. The number of halogens is 1. The summed E-state index contributed by atoms with van der Waals surface area (Å²) >= 11 is 5.38. The lowest BCUT2D eigenvalue weighted by molar-refractivity contribution is -0.111. The van der Waals surface area contributed by atoms with Crippen molar-refractivity contribution >= 4 is 22.9 Å². The van der Waals surface area contributed by atoms with Gasteiger partial charge in [-0.2, -0.15) is 0 Å². The summed E-state index contributed by atoms with van der Waals surface area (Å²) in [6.45, 7) is 0.233. The van der Waals surface area contributed by atoms with Crippen LogP contribution in [0.15, 0.2) is 54.6 Å². The van der Waals surface area contributed by atoms with E-state index in [9.17, 15) is 14.7 Å². The van der Waals surface area contributed by atoms with Crippen molar-refractivity contribution in [2.75, 3.05) is 13.7 Å². The van der Waals surface area contributed by atoms with Gasteiger partial charge in [0, 0.05) is 13.0 Å². The largest absolute Gasteiger partial charge is 0.497 e. The highest BCUT2D eigenvalue weighted by molar-refractivity contribution is 6.63. The third kappa shape index (κ3) is 5.77. The van der Waals surface area contributed by atoms with Crippen molar-refractivity contribution in [1.29, 1.82) is 0 Å². The van der Waals surface area contributed by atoms with E-state index in [0.29, 0.717) is 18.6 Å². The van der Waals surface area contributed by atoms with E-state index in [1.165, 1.54) is 4.90 Å². The maximum absolute atomic E-state index is 11.9. The second-order valence-corrected chi connectivity index (χ2v) is 6.33. The first-order chi connectivity index (χ1) is 12.5. The lowest BCUT2D eigenvalue weighted by Crippen LogP contribution is -2.36. The molecule has 2 aromatic rings. The highest BCUT2D eigenvalue weighted by atomic mass is 35.5. The van der Waals surface area contributed by atoms with E-state index >= 15 is 0 Å². The Labute approximate surface area is 158 Å². The Morgan fingerprint density at radius 3 is 2.31 bits per heavy atom. The van der Waals surface area contributed by atoms with E-state index in [-0.39, 0.29) is 19.0 Å². The van der Waals surface area contributed by atoms with E-state index in [2.05, 4.69) is 0 Å². The molecule has 0 bridgehead atoms. The van der Waals surface area contributed by atoms with E-state index < -0.39 is 11.3 Å². The summed E-state index contributed by atoms with van der Waals surface area (Å²) in [5.74, 6) is 0.710. The van der Waals surface area contributed by atoms with Crippen molar-refractivity contribution < 1.29 is 19.4 Å². The molecule has 138 valence electrons. The SMILES string of the molecule is COc1ccc(C(Cc2ccccc2)N(CCCC(=O)Cl)C(=O)O)cc1. The molecule has 0 aliphatic rings. The highest BCUT2D eigenvalue weighted by Gasteiger charge is 2.25. The Morgan fingerprint density at radius 1 is 1.12 bits per heavy atom. The number of ether oxygens (including phenoxy) is 1. The molecule has 0 heterocycles. The number of methoxy groups -OCH3 is 1. The zero-order valence-electron chi connectivity index (χ0n) is 14.6.